The highest BCUT2D eigenvalue weighted by atomic mass is 14.3. The molecule has 0 aliphatic heterocycles. The standard InChI is InChI=1S/C104H84/c1-61-91(73-37-21-13-22-38-73)65(5)99(66(6)92(61)74-39-23-14-24-40-74)83-53-81-54-84(100-67(7)93(75-41-25-15-26-42-75)62(2)94(68(100)8)76-43-27-16-28-44-76)59-89-90-60-86(102-71(11)97(79-49-33-19-34-50-79)64(4)98(72(102)12)80-51-35-20-36-52-80)56-82-55-85(58-88(104(82)90)87(57-83)103(81)89)101-69(9)95(77-45-29-17-30-46-77)63(3)96(70(101)10)78-47-31-18-32-48-78/h13-60H,1-12H3. The van der Waals surface area contributed by atoms with Gasteiger partial charge in [0, 0.05) is 0 Å². The molecule has 0 atom stereocenters. The Morgan fingerprint density at radius 3 is 0.365 bits per heavy atom. The van der Waals surface area contributed by atoms with E-state index in [1.807, 2.05) is 0 Å². The third-order valence-electron chi connectivity index (χ3n) is 23.3. The van der Waals surface area contributed by atoms with E-state index in [0.29, 0.717) is 0 Å². The zero-order valence-electron chi connectivity index (χ0n) is 61.7. The molecule has 0 heterocycles. The molecule has 0 nitrogen and oxygen atoms in total. The van der Waals surface area contributed by atoms with Gasteiger partial charge < -0.3 is 0 Å². The summed E-state index contributed by atoms with van der Waals surface area (Å²) < 4.78 is 0. The van der Waals surface area contributed by atoms with Gasteiger partial charge in [0.05, 0.1) is 0 Å². The molecule has 500 valence electrons. The van der Waals surface area contributed by atoms with E-state index in [4.69, 9.17) is 0 Å². The van der Waals surface area contributed by atoms with Crippen LogP contribution >= 0.6 is 0 Å². The second-order valence-corrected chi connectivity index (χ2v) is 29.2. The molecule has 0 radical (unpaired) electrons. The Bertz CT molecular complexity index is 5210. The molecule has 0 fully saturated rings. The highest BCUT2D eigenvalue weighted by Crippen LogP contribution is 2.54. The highest BCUT2D eigenvalue weighted by Gasteiger charge is 2.30. The van der Waals surface area contributed by atoms with Crippen molar-refractivity contribution >= 4 is 43.1 Å². The fourth-order valence-corrected chi connectivity index (χ4v) is 19.4. The minimum absolute atomic E-state index is 1.21. The lowest BCUT2D eigenvalue weighted by atomic mass is 9.77. The van der Waals surface area contributed by atoms with Crippen LogP contribution in [0.25, 0.3) is 177 Å². The van der Waals surface area contributed by atoms with Crippen LogP contribution in [0.4, 0.5) is 0 Å². The first-order valence-corrected chi connectivity index (χ1v) is 36.9. The Morgan fingerprint density at radius 1 is 0.125 bits per heavy atom. The van der Waals surface area contributed by atoms with E-state index in [0.717, 1.165) is 0 Å². The number of fused-ring (bicyclic) bond motifs is 2. The Labute approximate surface area is 613 Å². The fraction of sp³-hybridized carbons (Fsp3) is 0.115. The van der Waals surface area contributed by atoms with Gasteiger partial charge in [-0.15, -0.1) is 0 Å². The second-order valence-electron chi connectivity index (χ2n) is 29.2. The third kappa shape index (κ3) is 10.6. The monoisotopic (exact) mass is 1330 g/mol. The summed E-state index contributed by atoms with van der Waals surface area (Å²) in [6.45, 7) is 28.4. The lowest BCUT2D eigenvalue weighted by Crippen LogP contribution is -2.02. The lowest BCUT2D eigenvalue weighted by Gasteiger charge is -2.27. The fourth-order valence-electron chi connectivity index (χ4n) is 19.4. The molecule has 104 heavy (non-hydrogen) atoms. The zero-order chi connectivity index (χ0) is 71.3. The molecule has 17 rings (SSSR count). The van der Waals surface area contributed by atoms with Crippen LogP contribution in [0.1, 0.15) is 66.8 Å². The highest BCUT2D eigenvalue weighted by molar-refractivity contribution is 6.35. The molecular weight excluding hydrogens is 1250 g/mol. The molecule has 0 bridgehead atoms. The maximum atomic E-state index is 2.60. The Balaban J connectivity index is 1.09. The summed E-state index contributed by atoms with van der Waals surface area (Å²) in [5, 5.41) is 9.94. The van der Waals surface area contributed by atoms with Crippen molar-refractivity contribution in [3.8, 4) is 134 Å². The molecule has 0 N–H and O–H groups in total. The molecule has 0 unspecified atom stereocenters. The smallest absolute Gasteiger partial charge is 0.00255 e. The molecule has 0 aromatic heterocycles. The molecule has 0 spiro atoms. The van der Waals surface area contributed by atoms with Crippen molar-refractivity contribution in [3.63, 3.8) is 0 Å². The lowest BCUT2D eigenvalue weighted by molar-refractivity contribution is 1.32. The van der Waals surface area contributed by atoms with Crippen LogP contribution in [-0.4, -0.2) is 0 Å². The van der Waals surface area contributed by atoms with Crippen molar-refractivity contribution in [2.24, 2.45) is 0 Å². The molecule has 17 aromatic carbocycles. The number of rotatable bonds is 12. The van der Waals surface area contributed by atoms with Crippen molar-refractivity contribution in [3.05, 3.63) is 358 Å². The Hall–Kier alpha value is -12.0. The summed E-state index contributed by atoms with van der Waals surface area (Å²) in [7, 11) is 0. The van der Waals surface area contributed by atoms with Crippen LogP contribution in [0.2, 0.25) is 0 Å². The third-order valence-corrected chi connectivity index (χ3v) is 23.3. The first-order valence-electron chi connectivity index (χ1n) is 36.9. The maximum Gasteiger partial charge on any atom is -0.00255 e. The molecular formula is C104H84. The van der Waals surface area contributed by atoms with E-state index in [1.165, 1.54) is 243 Å². The summed E-state index contributed by atoms with van der Waals surface area (Å²) in [5.74, 6) is 0. The van der Waals surface area contributed by atoms with Crippen LogP contribution in [0.3, 0.4) is 0 Å². The van der Waals surface area contributed by atoms with Crippen LogP contribution in [0, 0.1) is 83.1 Å². The van der Waals surface area contributed by atoms with Gasteiger partial charge in [0.2, 0.25) is 0 Å². The van der Waals surface area contributed by atoms with Crippen LogP contribution < -0.4 is 0 Å². The maximum absolute atomic E-state index is 2.60. The summed E-state index contributed by atoms with van der Waals surface area (Å²) >= 11 is 0. The van der Waals surface area contributed by atoms with Gasteiger partial charge in [0.25, 0.3) is 0 Å². The number of hydrogen-bond acceptors (Lipinski definition) is 0. The zero-order valence-corrected chi connectivity index (χ0v) is 61.7. The summed E-state index contributed by atoms with van der Waals surface area (Å²) in [4.78, 5) is 0. The molecule has 0 aliphatic rings. The van der Waals surface area contributed by atoms with Gasteiger partial charge >= 0.3 is 0 Å². The van der Waals surface area contributed by atoms with Crippen molar-refractivity contribution in [2.45, 2.75) is 83.1 Å². The van der Waals surface area contributed by atoms with Gasteiger partial charge in [0.15, 0.2) is 0 Å². The van der Waals surface area contributed by atoms with Crippen molar-refractivity contribution in [1.29, 1.82) is 0 Å². The Kier molecular flexibility index (Phi) is 16.4. The van der Waals surface area contributed by atoms with Crippen LogP contribution in [-0.2, 0) is 0 Å². The van der Waals surface area contributed by atoms with Gasteiger partial charge in [-0.2, -0.15) is 0 Å². The number of hydrogen-bond donors (Lipinski definition) is 0. The van der Waals surface area contributed by atoms with Gasteiger partial charge in [-0.05, 0) is 375 Å². The van der Waals surface area contributed by atoms with Crippen molar-refractivity contribution in [2.75, 3.05) is 0 Å². The molecule has 0 saturated carbocycles. The van der Waals surface area contributed by atoms with Gasteiger partial charge in [0.1, 0.15) is 0 Å². The Morgan fingerprint density at radius 2 is 0.240 bits per heavy atom. The largest absolute Gasteiger partial charge is 0.0622 e. The summed E-state index contributed by atoms with van der Waals surface area (Å²) in [6, 6.07) is 110. The van der Waals surface area contributed by atoms with E-state index in [1.54, 1.807) is 0 Å². The van der Waals surface area contributed by atoms with Crippen LogP contribution in [0.5, 0.6) is 0 Å². The SMILES string of the molecule is Cc1c(-c2ccccc2)c(C)c(-c2cc3cc(-c4c(C)c(-c5ccccc5)c(C)c(-c5ccccc5)c4C)cc4c5cc(-c6c(C)c(-c7ccccc7)c(C)c(-c7ccccc7)c6C)cc6cc(-c7c(C)c(-c8ccccc8)c(C)c(-c8ccccc8)c7C)cc(c(c2)c34)c65)c(C)c1-c1ccccc1. The predicted molar refractivity (Wildman–Crippen MR) is 450 cm³/mol. The quantitative estimate of drug-likeness (QED) is 0.0845. The molecule has 0 aliphatic carbocycles. The summed E-state index contributed by atoms with van der Waals surface area (Å²) in [6.07, 6.45) is 0. The number of benzene rings is 17. The van der Waals surface area contributed by atoms with Gasteiger partial charge in [-0.25, -0.2) is 0 Å². The normalized spacial score (nSPS) is 11.7. The molecule has 0 heteroatoms. The first kappa shape index (κ1) is 65.4. The average Bonchev–Trinajstić information content (AvgIpc) is 0.697. The van der Waals surface area contributed by atoms with E-state index in [2.05, 4.69) is 374 Å². The minimum Gasteiger partial charge on any atom is -0.0622 e. The molecule has 17 aromatic rings. The summed E-state index contributed by atoms with van der Waals surface area (Å²) in [5.41, 5.74) is 45.3. The van der Waals surface area contributed by atoms with Gasteiger partial charge in [-0.3, -0.25) is 0 Å². The second kappa shape index (κ2) is 26.1. The van der Waals surface area contributed by atoms with Crippen molar-refractivity contribution in [1.82, 2.24) is 0 Å². The van der Waals surface area contributed by atoms with Crippen molar-refractivity contribution < 1.29 is 0 Å². The minimum atomic E-state index is 1.21. The topological polar surface area (TPSA) is 0 Å². The average molecular weight is 1330 g/mol. The predicted octanol–water partition coefficient (Wildman–Crippen LogP) is 29.4. The van der Waals surface area contributed by atoms with E-state index >= 15 is 0 Å². The van der Waals surface area contributed by atoms with Crippen LogP contribution in [0.15, 0.2) is 291 Å². The first-order chi connectivity index (χ1) is 50.7. The van der Waals surface area contributed by atoms with E-state index < -0.39 is 0 Å². The van der Waals surface area contributed by atoms with E-state index in [-0.39, 0.29) is 0 Å². The van der Waals surface area contributed by atoms with Gasteiger partial charge in [-0.1, -0.05) is 243 Å². The van der Waals surface area contributed by atoms with E-state index in [9.17, 15) is 0 Å². The molecule has 0 saturated heterocycles. The molecule has 0 amide bonds.